The summed E-state index contributed by atoms with van der Waals surface area (Å²) in [7, 11) is 2.15. The van der Waals surface area contributed by atoms with Crippen LogP contribution >= 0.6 is 0 Å². The van der Waals surface area contributed by atoms with Gasteiger partial charge < -0.3 is 15.4 Å². The highest BCUT2D eigenvalue weighted by atomic mass is 16.5. The number of nitrogens with two attached hydrogens (primary N) is 1. The van der Waals surface area contributed by atoms with Gasteiger partial charge >= 0.3 is 0 Å². The van der Waals surface area contributed by atoms with E-state index in [1.807, 2.05) is 6.92 Å². The average Bonchev–Trinajstić information content (AvgIpc) is 2.85. The van der Waals surface area contributed by atoms with Gasteiger partial charge in [-0.25, -0.2) is 0 Å². The van der Waals surface area contributed by atoms with Gasteiger partial charge in [0.05, 0.1) is 6.10 Å². The molecule has 0 amide bonds. The highest BCUT2D eigenvalue weighted by Gasteiger charge is 2.27. The van der Waals surface area contributed by atoms with Crippen LogP contribution in [0.2, 0.25) is 0 Å². The van der Waals surface area contributed by atoms with Crippen molar-refractivity contribution in [2.24, 2.45) is 5.73 Å². The van der Waals surface area contributed by atoms with Crippen LogP contribution in [0.5, 0.6) is 0 Å². The maximum atomic E-state index is 5.58. The van der Waals surface area contributed by atoms with Gasteiger partial charge in [0.2, 0.25) is 0 Å². The highest BCUT2D eigenvalue weighted by Crippen LogP contribution is 2.25. The van der Waals surface area contributed by atoms with Crippen LogP contribution in [0, 0.1) is 0 Å². The molecule has 1 aliphatic carbocycles. The molecule has 3 heteroatoms. The van der Waals surface area contributed by atoms with Crippen LogP contribution in [0.15, 0.2) is 0 Å². The second-order valence-corrected chi connectivity index (χ2v) is 3.48. The monoisotopic (exact) mass is 172 g/mol. The van der Waals surface area contributed by atoms with Crippen molar-refractivity contribution < 1.29 is 4.74 Å². The number of likely N-dealkylation sites (N-methyl/N-ethyl adjacent to an activating group) is 1. The van der Waals surface area contributed by atoms with Crippen LogP contribution in [-0.4, -0.2) is 43.8 Å². The van der Waals surface area contributed by atoms with E-state index in [1.165, 1.54) is 12.8 Å². The van der Waals surface area contributed by atoms with Gasteiger partial charge in [-0.1, -0.05) is 0 Å². The third-order valence-electron chi connectivity index (χ3n) is 2.33. The standard InChI is InChI=1S/C9H20N2O/c1-3-12-9(6-10)7-11(2)8-4-5-8/h8-9H,3-7,10H2,1-2H3. The lowest BCUT2D eigenvalue weighted by Gasteiger charge is -2.22. The van der Waals surface area contributed by atoms with Crippen LogP contribution in [0.25, 0.3) is 0 Å². The van der Waals surface area contributed by atoms with Crippen molar-refractivity contribution >= 4 is 0 Å². The summed E-state index contributed by atoms with van der Waals surface area (Å²) in [6.07, 6.45) is 2.92. The Kier molecular flexibility index (Phi) is 3.98. The SMILES string of the molecule is CCOC(CN)CN(C)C1CC1. The Balaban J connectivity index is 2.15. The van der Waals surface area contributed by atoms with Crippen molar-refractivity contribution in [3.63, 3.8) is 0 Å². The van der Waals surface area contributed by atoms with E-state index in [2.05, 4.69) is 11.9 Å². The maximum Gasteiger partial charge on any atom is 0.0823 e. The molecule has 0 bridgehead atoms. The average molecular weight is 172 g/mol. The van der Waals surface area contributed by atoms with Crippen molar-refractivity contribution in [1.82, 2.24) is 4.90 Å². The molecule has 1 unspecified atom stereocenters. The molecule has 0 saturated heterocycles. The highest BCUT2D eigenvalue weighted by molar-refractivity contribution is 4.83. The molecular weight excluding hydrogens is 152 g/mol. The van der Waals surface area contributed by atoms with E-state index in [0.29, 0.717) is 6.54 Å². The van der Waals surface area contributed by atoms with Crippen LogP contribution < -0.4 is 5.73 Å². The molecule has 1 atom stereocenters. The number of rotatable bonds is 6. The first-order valence-electron chi connectivity index (χ1n) is 4.79. The Morgan fingerprint density at radius 1 is 1.58 bits per heavy atom. The summed E-state index contributed by atoms with van der Waals surface area (Å²) >= 11 is 0. The van der Waals surface area contributed by atoms with E-state index in [1.54, 1.807) is 0 Å². The van der Waals surface area contributed by atoms with Gasteiger partial charge in [-0.2, -0.15) is 0 Å². The van der Waals surface area contributed by atoms with Gasteiger partial charge in [-0.05, 0) is 26.8 Å². The van der Waals surface area contributed by atoms with Gasteiger partial charge in [0.15, 0.2) is 0 Å². The lowest BCUT2D eigenvalue weighted by molar-refractivity contribution is 0.0436. The third kappa shape index (κ3) is 3.09. The second kappa shape index (κ2) is 4.80. The molecule has 0 radical (unpaired) electrons. The Bertz CT molecular complexity index is 126. The summed E-state index contributed by atoms with van der Waals surface area (Å²) in [6, 6.07) is 0.805. The van der Waals surface area contributed by atoms with Crippen molar-refractivity contribution in [1.29, 1.82) is 0 Å². The summed E-state index contributed by atoms with van der Waals surface area (Å²) in [5.74, 6) is 0. The first kappa shape index (κ1) is 9.96. The van der Waals surface area contributed by atoms with Crippen LogP contribution in [0.4, 0.5) is 0 Å². The first-order valence-corrected chi connectivity index (χ1v) is 4.79. The Morgan fingerprint density at radius 3 is 2.67 bits per heavy atom. The fraction of sp³-hybridized carbons (Fsp3) is 1.00. The Hall–Kier alpha value is -0.120. The fourth-order valence-electron chi connectivity index (χ4n) is 1.42. The molecule has 1 aliphatic rings. The van der Waals surface area contributed by atoms with Gasteiger partial charge in [0.25, 0.3) is 0 Å². The molecule has 0 spiro atoms. The Labute approximate surface area is 74.9 Å². The number of hydrogen-bond acceptors (Lipinski definition) is 3. The smallest absolute Gasteiger partial charge is 0.0823 e. The maximum absolute atomic E-state index is 5.58. The summed E-state index contributed by atoms with van der Waals surface area (Å²) in [6.45, 7) is 4.39. The first-order chi connectivity index (χ1) is 5.77. The third-order valence-corrected chi connectivity index (χ3v) is 2.33. The molecule has 0 heterocycles. The van der Waals surface area contributed by atoms with Gasteiger partial charge in [0.1, 0.15) is 0 Å². The zero-order valence-corrected chi connectivity index (χ0v) is 8.12. The number of hydrogen-bond donors (Lipinski definition) is 1. The topological polar surface area (TPSA) is 38.5 Å². The van der Waals surface area contributed by atoms with Gasteiger partial charge in [-0.15, -0.1) is 0 Å². The fourth-order valence-corrected chi connectivity index (χ4v) is 1.42. The van der Waals surface area contributed by atoms with E-state index in [0.717, 1.165) is 19.2 Å². The van der Waals surface area contributed by atoms with E-state index < -0.39 is 0 Å². The van der Waals surface area contributed by atoms with Crippen LogP contribution in [0.3, 0.4) is 0 Å². The molecule has 0 aliphatic heterocycles. The summed E-state index contributed by atoms with van der Waals surface area (Å²) in [5, 5.41) is 0. The normalized spacial score (nSPS) is 20.0. The van der Waals surface area contributed by atoms with E-state index >= 15 is 0 Å². The van der Waals surface area contributed by atoms with Crippen molar-refractivity contribution in [2.75, 3.05) is 26.7 Å². The van der Waals surface area contributed by atoms with E-state index in [9.17, 15) is 0 Å². The molecule has 12 heavy (non-hydrogen) atoms. The quantitative estimate of drug-likeness (QED) is 0.632. The molecule has 1 saturated carbocycles. The molecular formula is C9H20N2O. The zero-order valence-electron chi connectivity index (χ0n) is 8.12. The molecule has 72 valence electrons. The Morgan fingerprint density at radius 2 is 2.25 bits per heavy atom. The molecule has 0 aromatic heterocycles. The predicted octanol–water partition coefficient (Wildman–Crippen LogP) is 0.444. The van der Waals surface area contributed by atoms with E-state index in [4.69, 9.17) is 10.5 Å². The van der Waals surface area contributed by atoms with Crippen LogP contribution in [0.1, 0.15) is 19.8 Å². The minimum absolute atomic E-state index is 0.223. The van der Waals surface area contributed by atoms with E-state index in [-0.39, 0.29) is 6.10 Å². The molecule has 1 fully saturated rings. The largest absolute Gasteiger partial charge is 0.376 e. The molecule has 0 aromatic carbocycles. The molecule has 3 nitrogen and oxygen atoms in total. The zero-order chi connectivity index (χ0) is 8.97. The molecule has 2 N–H and O–H groups in total. The number of ether oxygens (including phenoxy) is 1. The number of nitrogens with zero attached hydrogens (tertiary/aromatic N) is 1. The minimum atomic E-state index is 0.223. The van der Waals surface area contributed by atoms with Crippen molar-refractivity contribution in [3.05, 3.63) is 0 Å². The second-order valence-electron chi connectivity index (χ2n) is 3.48. The van der Waals surface area contributed by atoms with Gasteiger partial charge in [-0.3, -0.25) is 0 Å². The predicted molar refractivity (Wildman–Crippen MR) is 50.1 cm³/mol. The lowest BCUT2D eigenvalue weighted by atomic mass is 10.3. The molecule has 1 rings (SSSR count). The molecule has 0 aromatic rings. The van der Waals surface area contributed by atoms with Gasteiger partial charge in [0, 0.05) is 25.7 Å². The van der Waals surface area contributed by atoms with Crippen molar-refractivity contribution in [3.8, 4) is 0 Å². The summed E-state index contributed by atoms with van der Waals surface area (Å²) in [4.78, 5) is 2.35. The summed E-state index contributed by atoms with van der Waals surface area (Å²) < 4.78 is 5.47. The summed E-state index contributed by atoms with van der Waals surface area (Å²) in [5.41, 5.74) is 5.58. The van der Waals surface area contributed by atoms with Crippen molar-refractivity contribution in [2.45, 2.75) is 31.9 Å². The minimum Gasteiger partial charge on any atom is -0.376 e. The van der Waals surface area contributed by atoms with Crippen LogP contribution in [-0.2, 0) is 4.74 Å². The lowest BCUT2D eigenvalue weighted by Crippen LogP contribution is -2.37.